The highest BCUT2D eigenvalue weighted by atomic mass is 16.5. The van der Waals surface area contributed by atoms with Gasteiger partial charge in [0.05, 0.1) is 0 Å². The molecule has 0 aliphatic rings. The maximum absolute atomic E-state index is 12.1. The van der Waals surface area contributed by atoms with E-state index in [1.54, 1.807) is 0 Å². The van der Waals surface area contributed by atoms with Gasteiger partial charge in [-0.15, -0.1) is 0 Å². The molecule has 1 unspecified atom stereocenters. The van der Waals surface area contributed by atoms with Crippen LogP contribution in [0.25, 0.3) is 0 Å². The summed E-state index contributed by atoms with van der Waals surface area (Å²) in [7, 11) is 0. The van der Waals surface area contributed by atoms with Gasteiger partial charge in [-0.25, -0.2) is 0 Å². The first-order chi connectivity index (χ1) is 10.7. The number of Topliss-reactive ketones (excluding diaryl/α,β-unsaturated/α-hetero) is 1. The fourth-order valence-corrected chi connectivity index (χ4v) is 2.27. The molecule has 0 bridgehead atoms. The van der Waals surface area contributed by atoms with E-state index in [9.17, 15) is 4.79 Å². The van der Waals surface area contributed by atoms with E-state index in [2.05, 4.69) is 32.9 Å². The topological polar surface area (TPSA) is 26.3 Å². The van der Waals surface area contributed by atoms with E-state index >= 15 is 0 Å². The van der Waals surface area contributed by atoms with Gasteiger partial charge in [0.15, 0.2) is 5.78 Å². The lowest BCUT2D eigenvalue weighted by Gasteiger charge is -2.09. The normalized spacial score (nSPS) is 12.3. The molecule has 0 N–H and O–H groups in total. The number of carbonyl (C=O) groups excluding carboxylic acids is 1. The molecule has 0 saturated heterocycles. The molecule has 0 radical (unpaired) electrons. The molecule has 22 heavy (non-hydrogen) atoms. The highest BCUT2D eigenvalue weighted by Gasteiger charge is 2.06. The van der Waals surface area contributed by atoms with Crippen molar-refractivity contribution in [2.75, 3.05) is 13.2 Å². The standard InChI is InChI=1S/C20H32O2/c1-4-6-9-18-11-13-19(14-12-18)20(21)10-7-8-15-22-16-17(3)5-2/h11-14,17H,4-10,15-16H2,1-3H3. The molecule has 0 spiro atoms. The number of aryl methyl sites for hydroxylation is 1. The Bertz CT molecular complexity index is 408. The average molecular weight is 304 g/mol. The van der Waals surface area contributed by atoms with E-state index in [4.69, 9.17) is 4.74 Å². The summed E-state index contributed by atoms with van der Waals surface area (Å²) in [5, 5.41) is 0. The maximum atomic E-state index is 12.1. The van der Waals surface area contributed by atoms with E-state index < -0.39 is 0 Å². The van der Waals surface area contributed by atoms with Crippen molar-refractivity contribution >= 4 is 5.78 Å². The van der Waals surface area contributed by atoms with Crippen molar-refractivity contribution in [3.8, 4) is 0 Å². The zero-order chi connectivity index (χ0) is 16.2. The third-order valence-corrected chi connectivity index (χ3v) is 4.14. The lowest BCUT2D eigenvalue weighted by atomic mass is 10.0. The van der Waals surface area contributed by atoms with Gasteiger partial charge >= 0.3 is 0 Å². The third-order valence-electron chi connectivity index (χ3n) is 4.14. The number of rotatable bonds is 12. The fraction of sp³-hybridized carbons (Fsp3) is 0.650. The van der Waals surface area contributed by atoms with Crippen molar-refractivity contribution < 1.29 is 9.53 Å². The summed E-state index contributed by atoms with van der Waals surface area (Å²) < 4.78 is 5.62. The minimum absolute atomic E-state index is 0.254. The Labute approximate surface area is 136 Å². The van der Waals surface area contributed by atoms with E-state index in [0.29, 0.717) is 12.3 Å². The molecule has 2 heteroatoms. The number of ether oxygens (including phenoxy) is 1. The molecule has 0 aliphatic carbocycles. The SMILES string of the molecule is CCCCc1ccc(C(=O)CCCCOCC(C)CC)cc1. The van der Waals surface area contributed by atoms with Gasteiger partial charge in [0, 0.05) is 25.2 Å². The van der Waals surface area contributed by atoms with E-state index in [-0.39, 0.29) is 5.78 Å². The number of benzene rings is 1. The maximum Gasteiger partial charge on any atom is 0.162 e. The Morgan fingerprint density at radius 1 is 1.09 bits per heavy atom. The summed E-state index contributed by atoms with van der Waals surface area (Å²) in [6.07, 6.45) is 7.20. The highest BCUT2D eigenvalue weighted by Crippen LogP contribution is 2.11. The summed E-state index contributed by atoms with van der Waals surface area (Å²) in [5.74, 6) is 0.886. The summed E-state index contributed by atoms with van der Waals surface area (Å²) in [6.45, 7) is 8.19. The molecule has 1 aromatic carbocycles. The Morgan fingerprint density at radius 2 is 1.82 bits per heavy atom. The largest absolute Gasteiger partial charge is 0.381 e. The second-order valence-corrected chi connectivity index (χ2v) is 6.27. The molecule has 0 saturated carbocycles. The monoisotopic (exact) mass is 304 g/mol. The number of hydrogen-bond donors (Lipinski definition) is 0. The van der Waals surface area contributed by atoms with Crippen LogP contribution in [-0.2, 0) is 11.2 Å². The number of ketones is 1. The van der Waals surface area contributed by atoms with Crippen LogP contribution in [0.5, 0.6) is 0 Å². The van der Waals surface area contributed by atoms with Gasteiger partial charge in [0.25, 0.3) is 0 Å². The van der Waals surface area contributed by atoms with E-state index in [0.717, 1.165) is 44.5 Å². The minimum Gasteiger partial charge on any atom is -0.381 e. The summed E-state index contributed by atoms with van der Waals surface area (Å²) >= 11 is 0. The van der Waals surface area contributed by atoms with Crippen molar-refractivity contribution in [3.63, 3.8) is 0 Å². The minimum atomic E-state index is 0.254. The van der Waals surface area contributed by atoms with Gasteiger partial charge in [0.2, 0.25) is 0 Å². The van der Waals surface area contributed by atoms with Gasteiger partial charge < -0.3 is 4.74 Å². The van der Waals surface area contributed by atoms with Crippen LogP contribution in [0.1, 0.15) is 75.2 Å². The van der Waals surface area contributed by atoms with Crippen molar-refractivity contribution in [1.82, 2.24) is 0 Å². The van der Waals surface area contributed by atoms with E-state index in [1.165, 1.54) is 18.4 Å². The molecule has 0 amide bonds. The van der Waals surface area contributed by atoms with Gasteiger partial charge in [0.1, 0.15) is 0 Å². The van der Waals surface area contributed by atoms with Crippen molar-refractivity contribution in [2.24, 2.45) is 5.92 Å². The molecular weight excluding hydrogens is 272 g/mol. The van der Waals surface area contributed by atoms with Crippen LogP contribution in [0.15, 0.2) is 24.3 Å². The summed E-state index contributed by atoms with van der Waals surface area (Å²) in [4.78, 5) is 12.1. The third kappa shape index (κ3) is 7.74. The Kier molecular flexibility index (Phi) is 9.81. The zero-order valence-corrected chi connectivity index (χ0v) is 14.6. The molecule has 1 rings (SSSR count). The molecule has 1 aromatic rings. The number of carbonyl (C=O) groups is 1. The van der Waals surface area contributed by atoms with Crippen molar-refractivity contribution in [2.45, 2.75) is 65.7 Å². The van der Waals surface area contributed by atoms with Crippen LogP contribution in [-0.4, -0.2) is 19.0 Å². The number of hydrogen-bond acceptors (Lipinski definition) is 2. The second kappa shape index (κ2) is 11.4. The van der Waals surface area contributed by atoms with Crippen LogP contribution in [0.4, 0.5) is 0 Å². The van der Waals surface area contributed by atoms with Gasteiger partial charge in [-0.05, 0) is 37.2 Å². The first-order valence-corrected chi connectivity index (χ1v) is 8.87. The van der Waals surface area contributed by atoms with Crippen LogP contribution >= 0.6 is 0 Å². The van der Waals surface area contributed by atoms with Crippen LogP contribution < -0.4 is 0 Å². The lowest BCUT2D eigenvalue weighted by Crippen LogP contribution is -2.06. The van der Waals surface area contributed by atoms with Crippen LogP contribution in [0.3, 0.4) is 0 Å². The fourth-order valence-electron chi connectivity index (χ4n) is 2.27. The molecule has 2 nitrogen and oxygen atoms in total. The highest BCUT2D eigenvalue weighted by molar-refractivity contribution is 5.96. The lowest BCUT2D eigenvalue weighted by molar-refractivity contribution is 0.0929. The molecular formula is C20H32O2. The van der Waals surface area contributed by atoms with Gasteiger partial charge in [-0.2, -0.15) is 0 Å². The predicted molar refractivity (Wildman–Crippen MR) is 93.5 cm³/mol. The van der Waals surface area contributed by atoms with Crippen LogP contribution in [0, 0.1) is 5.92 Å². The molecule has 0 aliphatic heterocycles. The van der Waals surface area contributed by atoms with Crippen LogP contribution in [0.2, 0.25) is 0 Å². The van der Waals surface area contributed by atoms with Gasteiger partial charge in [-0.3, -0.25) is 4.79 Å². The smallest absolute Gasteiger partial charge is 0.162 e. The molecule has 1 atom stereocenters. The molecule has 0 heterocycles. The average Bonchev–Trinajstić information content (AvgIpc) is 2.56. The first-order valence-electron chi connectivity index (χ1n) is 8.87. The summed E-state index contributed by atoms with van der Waals surface area (Å²) in [5.41, 5.74) is 2.18. The Hall–Kier alpha value is -1.15. The Morgan fingerprint density at radius 3 is 2.45 bits per heavy atom. The summed E-state index contributed by atoms with van der Waals surface area (Å²) in [6, 6.07) is 8.15. The quantitative estimate of drug-likeness (QED) is 0.379. The molecule has 0 fully saturated rings. The van der Waals surface area contributed by atoms with Crippen molar-refractivity contribution in [3.05, 3.63) is 35.4 Å². The zero-order valence-electron chi connectivity index (χ0n) is 14.6. The molecule has 124 valence electrons. The van der Waals surface area contributed by atoms with Gasteiger partial charge in [-0.1, -0.05) is 57.9 Å². The van der Waals surface area contributed by atoms with E-state index in [1.807, 2.05) is 12.1 Å². The Balaban J connectivity index is 2.19. The number of unbranched alkanes of at least 4 members (excludes halogenated alkanes) is 2. The molecule has 0 aromatic heterocycles. The van der Waals surface area contributed by atoms with Crippen molar-refractivity contribution in [1.29, 1.82) is 0 Å². The predicted octanol–water partition coefficient (Wildman–Crippen LogP) is 5.44. The second-order valence-electron chi connectivity index (χ2n) is 6.27. The first kappa shape index (κ1) is 18.9.